The molecule has 2 saturated carbocycles. The Morgan fingerprint density at radius 1 is 0.830 bits per heavy atom. The van der Waals surface area contributed by atoms with Gasteiger partial charge in [-0.25, -0.2) is 4.79 Å². The van der Waals surface area contributed by atoms with Crippen LogP contribution < -0.4 is 0 Å². The summed E-state index contributed by atoms with van der Waals surface area (Å²) in [5.74, 6) is -1.04. The van der Waals surface area contributed by atoms with Crippen LogP contribution in [0.5, 0.6) is 0 Å². The van der Waals surface area contributed by atoms with Crippen molar-refractivity contribution in [1.29, 1.82) is 0 Å². The monoisotopic (exact) mass is 646 g/mol. The van der Waals surface area contributed by atoms with E-state index < -0.39 is 23.5 Å². The summed E-state index contributed by atoms with van der Waals surface area (Å²) in [5, 5.41) is 0. The molecule has 2 aromatic rings. The average molecular weight is 647 g/mol. The summed E-state index contributed by atoms with van der Waals surface area (Å²) in [6, 6.07) is 20.1. The number of benzene rings is 2. The van der Waals surface area contributed by atoms with Crippen LogP contribution in [0.2, 0.25) is 0 Å². The van der Waals surface area contributed by atoms with Gasteiger partial charge in [-0.3, -0.25) is 9.59 Å². The molecule has 6 rings (SSSR count). The highest BCUT2D eigenvalue weighted by atomic mass is 16.7. The molecule has 2 heterocycles. The summed E-state index contributed by atoms with van der Waals surface area (Å²) in [6.45, 7) is 9.79. The number of piperidine rings is 2. The molecule has 0 N–H and O–H groups in total. The third kappa shape index (κ3) is 6.24. The lowest BCUT2D eigenvalue weighted by atomic mass is 9.39. The first-order valence-electron chi connectivity index (χ1n) is 17.8. The molecule has 0 radical (unpaired) electrons. The molecule has 2 aromatic carbocycles. The van der Waals surface area contributed by atoms with E-state index in [1.165, 1.54) is 36.8 Å². The third-order valence-electron chi connectivity index (χ3n) is 11.2. The van der Waals surface area contributed by atoms with Gasteiger partial charge in [0, 0.05) is 38.5 Å². The van der Waals surface area contributed by atoms with Gasteiger partial charge >= 0.3 is 17.9 Å². The van der Waals surface area contributed by atoms with Crippen molar-refractivity contribution in [2.24, 2.45) is 5.41 Å². The molecule has 5 unspecified atom stereocenters. The highest BCUT2D eigenvalue weighted by molar-refractivity contribution is 5.86. The van der Waals surface area contributed by atoms with Gasteiger partial charge in [0.15, 0.2) is 0 Å². The third-order valence-corrected chi connectivity index (χ3v) is 11.2. The molecule has 8 heteroatoms. The Kier molecular flexibility index (Phi) is 9.56. The molecule has 8 nitrogen and oxygen atoms in total. The van der Waals surface area contributed by atoms with E-state index in [0.29, 0.717) is 42.5 Å². The van der Waals surface area contributed by atoms with E-state index in [2.05, 4.69) is 0 Å². The van der Waals surface area contributed by atoms with Crippen molar-refractivity contribution >= 4 is 17.9 Å². The van der Waals surface area contributed by atoms with Crippen LogP contribution in [0.15, 0.2) is 60.7 Å². The molecule has 0 amide bonds. The van der Waals surface area contributed by atoms with Gasteiger partial charge in [0.2, 0.25) is 11.9 Å². The van der Waals surface area contributed by atoms with Gasteiger partial charge in [0.25, 0.3) is 0 Å². The van der Waals surface area contributed by atoms with Crippen LogP contribution in [0.4, 0.5) is 0 Å². The van der Waals surface area contributed by atoms with Gasteiger partial charge in [0.05, 0.1) is 13.1 Å². The maximum atomic E-state index is 14.6. The lowest BCUT2D eigenvalue weighted by Gasteiger charge is -2.80. The Morgan fingerprint density at radius 3 is 1.91 bits per heavy atom. The number of carbonyl (C=O) groups is 3. The van der Waals surface area contributed by atoms with Gasteiger partial charge in [0.1, 0.15) is 29.2 Å². The molecule has 5 atom stereocenters. The number of carbonyl (C=O) groups excluding carboxylic acids is 3. The molecule has 254 valence electrons. The van der Waals surface area contributed by atoms with Gasteiger partial charge < -0.3 is 23.4 Å². The zero-order chi connectivity index (χ0) is 33.3. The fourth-order valence-corrected chi connectivity index (χ4v) is 9.28. The lowest BCUT2D eigenvalue weighted by molar-refractivity contribution is -1.05. The Labute approximate surface area is 279 Å². The lowest BCUT2D eigenvalue weighted by Crippen LogP contribution is -2.94. The second-order valence-electron chi connectivity index (χ2n) is 15.2. The Bertz CT molecular complexity index is 1360. The van der Waals surface area contributed by atoms with E-state index in [1.54, 1.807) is 6.92 Å². The van der Waals surface area contributed by atoms with Crippen LogP contribution in [-0.2, 0) is 38.9 Å². The summed E-state index contributed by atoms with van der Waals surface area (Å²) in [5.41, 5.74) is -0.694. The van der Waals surface area contributed by atoms with Crippen molar-refractivity contribution in [3.8, 4) is 0 Å². The fraction of sp³-hybridized carbons (Fsp3) is 0.615. The summed E-state index contributed by atoms with van der Waals surface area (Å²) in [4.78, 5) is 39.5. The van der Waals surface area contributed by atoms with E-state index in [-0.39, 0.29) is 29.9 Å². The second kappa shape index (κ2) is 13.3. The van der Waals surface area contributed by atoms with Crippen LogP contribution in [0, 0.1) is 5.41 Å². The van der Waals surface area contributed by atoms with Gasteiger partial charge in [-0.2, -0.15) is 0 Å². The first-order chi connectivity index (χ1) is 22.5. The highest BCUT2D eigenvalue weighted by Crippen LogP contribution is 2.73. The fourth-order valence-electron chi connectivity index (χ4n) is 9.28. The number of nitrogens with zero attached hydrogens (tertiary/aromatic N) is 1. The normalized spacial score (nSPS) is 26.1. The number of unbranched alkanes of at least 4 members (excludes halogenated alkanes) is 3. The van der Waals surface area contributed by atoms with Crippen LogP contribution in [0.3, 0.4) is 0 Å². The Morgan fingerprint density at radius 2 is 1.40 bits per heavy atom. The molecule has 2 aliphatic carbocycles. The molecule has 0 aromatic heterocycles. The minimum atomic E-state index is -1.60. The van der Waals surface area contributed by atoms with Crippen molar-refractivity contribution in [3.05, 3.63) is 71.8 Å². The van der Waals surface area contributed by atoms with Gasteiger partial charge in [-0.05, 0) is 58.1 Å². The predicted octanol–water partition coefficient (Wildman–Crippen LogP) is 6.98. The van der Waals surface area contributed by atoms with E-state index >= 15 is 0 Å². The number of esters is 3. The van der Waals surface area contributed by atoms with E-state index in [1.807, 2.05) is 81.4 Å². The summed E-state index contributed by atoms with van der Waals surface area (Å²) < 4.78 is 25.5. The van der Waals surface area contributed by atoms with Crippen molar-refractivity contribution in [2.75, 3.05) is 13.1 Å². The zero-order valence-electron chi connectivity index (χ0n) is 28.6. The number of fused-ring (bicyclic) bond motifs is 2. The molecule has 2 aliphatic heterocycles. The molecule has 2 saturated heterocycles. The van der Waals surface area contributed by atoms with Gasteiger partial charge in [-0.1, -0.05) is 73.5 Å². The quantitative estimate of drug-likeness (QED) is 0.0720. The number of hydrogen-bond acceptors (Lipinski definition) is 7. The summed E-state index contributed by atoms with van der Waals surface area (Å²) in [6.07, 6.45) is 8.29. The number of rotatable bonds is 14. The number of ether oxygens (including phenoxy) is 4. The summed E-state index contributed by atoms with van der Waals surface area (Å²) in [7, 11) is 0. The first kappa shape index (κ1) is 33.7. The first-order valence-corrected chi connectivity index (χ1v) is 17.8. The second-order valence-corrected chi connectivity index (χ2v) is 15.2. The largest absolute Gasteiger partial charge is 0.460 e. The average Bonchev–Trinajstić information content (AvgIpc) is 3.49. The SMILES string of the molecule is CC(OC(=O)CCCCCCC(=O)OC(C)(C)C)OC(C(=O)OC1CC2C13CCC3[N+]21CCCC1)(c1ccccc1)c1ccccc1. The minimum absolute atomic E-state index is 0.115. The Balaban J connectivity index is 1.11. The van der Waals surface area contributed by atoms with Crippen molar-refractivity contribution in [3.63, 3.8) is 0 Å². The molecular weight excluding hydrogens is 594 g/mol. The zero-order valence-corrected chi connectivity index (χ0v) is 28.6. The van der Waals surface area contributed by atoms with Crippen molar-refractivity contribution < 1.29 is 37.8 Å². The molecule has 2 spiro atoms. The minimum Gasteiger partial charge on any atom is -0.460 e. The highest BCUT2D eigenvalue weighted by Gasteiger charge is 2.86. The van der Waals surface area contributed by atoms with E-state index in [0.717, 1.165) is 25.7 Å². The van der Waals surface area contributed by atoms with Crippen LogP contribution in [-0.4, -0.2) is 65.6 Å². The molecule has 47 heavy (non-hydrogen) atoms. The van der Waals surface area contributed by atoms with Gasteiger partial charge in [-0.15, -0.1) is 0 Å². The van der Waals surface area contributed by atoms with Crippen molar-refractivity contribution in [1.82, 2.24) is 0 Å². The van der Waals surface area contributed by atoms with Crippen LogP contribution in [0.1, 0.15) is 109 Å². The predicted molar refractivity (Wildman–Crippen MR) is 177 cm³/mol. The maximum Gasteiger partial charge on any atom is 0.348 e. The molecule has 4 aliphatic rings. The Hall–Kier alpha value is -3.23. The van der Waals surface area contributed by atoms with E-state index in [9.17, 15) is 14.4 Å². The maximum absolute atomic E-state index is 14.6. The molecular formula is C39H52NO7+. The molecule has 0 bridgehead atoms. The smallest absolute Gasteiger partial charge is 0.348 e. The van der Waals surface area contributed by atoms with E-state index in [4.69, 9.17) is 18.9 Å². The van der Waals surface area contributed by atoms with Crippen molar-refractivity contribution in [2.45, 2.75) is 134 Å². The topological polar surface area (TPSA) is 88.1 Å². The standard InChI is InChI=1S/C39H52NO7/c1-28(44-34(41)21-13-5-6-14-22-35(42)47-37(2,3)4)46-39(29-17-9-7-10-18-29,30-19-11-8-12-20-30)36(43)45-33-27-32-38(33)24-23-31(38)40(32)25-15-16-26-40/h7-12,17-20,28,31-33H,5-6,13-16,21-27H2,1-4H3/q+1. The van der Waals surface area contributed by atoms with Crippen LogP contribution in [0.25, 0.3) is 0 Å². The number of hydrogen-bond donors (Lipinski definition) is 0. The number of quaternary nitrogens is 1. The van der Waals surface area contributed by atoms with Crippen LogP contribution >= 0.6 is 0 Å². The summed E-state index contributed by atoms with van der Waals surface area (Å²) >= 11 is 0. The molecule has 4 fully saturated rings.